The fraction of sp³-hybridized carbons (Fsp3) is 0.250. The summed E-state index contributed by atoms with van der Waals surface area (Å²) >= 11 is 0. The zero-order valence-electron chi connectivity index (χ0n) is 10.1. The average molecular weight is 267 g/mol. The number of hydrogen-bond acceptors (Lipinski definition) is 4. The first-order chi connectivity index (χ1) is 9.04. The van der Waals surface area contributed by atoms with Crippen LogP contribution in [-0.2, 0) is 11.2 Å². The SMILES string of the molecule is Cc1nnc(CCC(=O)Nc2ccc(F)c(F)c2)o1. The van der Waals surface area contributed by atoms with Crippen molar-refractivity contribution in [2.24, 2.45) is 0 Å². The number of carbonyl (C=O) groups excluding carboxylic acids is 1. The van der Waals surface area contributed by atoms with Gasteiger partial charge in [0.25, 0.3) is 0 Å². The highest BCUT2D eigenvalue weighted by atomic mass is 19.2. The van der Waals surface area contributed by atoms with E-state index in [9.17, 15) is 13.6 Å². The summed E-state index contributed by atoms with van der Waals surface area (Å²) < 4.78 is 30.7. The molecule has 0 aliphatic carbocycles. The van der Waals surface area contributed by atoms with Crippen LogP contribution in [-0.4, -0.2) is 16.1 Å². The maximum absolute atomic E-state index is 12.9. The molecule has 1 amide bonds. The number of rotatable bonds is 4. The van der Waals surface area contributed by atoms with E-state index in [1.165, 1.54) is 6.07 Å². The van der Waals surface area contributed by atoms with Crippen LogP contribution in [0.15, 0.2) is 22.6 Å². The summed E-state index contributed by atoms with van der Waals surface area (Å²) in [5, 5.41) is 9.83. The van der Waals surface area contributed by atoms with E-state index in [0.717, 1.165) is 12.1 Å². The number of nitrogens with zero attached hydrogens (tertiary/aromatic N) is 2. The lowest BCUT2D eigenvalue weighted by Crippen LogP contribution is -2.12. The largest absolute Gasteiger partial charge is 0.426 e. The Bertz CT molecular complexity index is 598. The lowest BCUT2D eigenvalue weighted by molar-refractivity contribution is -0.116. The van der Waals surface area contributed by atoms with Gasteiger partial charge in [-0.3, -0.25) is 4.79 Å². The van der Waals surface area contributed by atoms with Gasteiger partial charge in [-0.1, -0.05) is 0 Å². The number of anilines is 1. The first-order valence-electron chi connectivity index (χ1n) is 5.58. The summed E-state index contributed by atoms with van der Waals surface area (Å²) in [7, 11) is 0. The summed E-state index contributed by atoms with van der Waals surface area (Å²) in [6.07, 6.45) is 0.400. The van der Waals surface area contributed by atoms with E-state index in [4.69, 9.17) is 4.42 Å². The van der Waals surface area contributed by atoms with E-state index in [2.05, 4.69) is 15.5 Å². The van der Waals surface area contributed by atoms with E-state index in [-0.39, 0.29) is 24.4 Å². The highest BCUT2D eigenvalue weighted by Crippen LogP contribution is 2.13. The van der Waals surface area contributed by atoms with Crippen molar-refractivity contribution in [1.29, 1.82) is 0 Å². The second kappa shape index (κ2) is 5.55. The number of halogens is 2. The van der Waals surface area contributed by atoms with E-state index in [0.29, 0.717) is 11.8 Å². The smallest absolute Gasteiger partial charge is 0.224 e. The van der Waals surface area contributed by atoms with Crippen molar-refractivity contribution in [2.45, 2.75) is 19.8 Å². The van der Waals surface area contributed by atoms with E-state index in [1.54, 1.807) is 6.92 Å². The minimum Gasteiger partial charge on any atom is -0.426 e. The van der Waals surface area contributed by atoms with Crippen LogP contribution in [0.1, 0.15) is 18.2 Å². The molecule has 7 heteroatoms. The Kier molecular flexibility index (Phi) is 3.84. The second-order valence-electron chi connectivity index (χ2n) is 3.89. The van der Waals surface area contributed by atoms with Crippen molar-refractivity contribution < 1.29 is 18.0 Å². The molecule has 0 bridgehead atoms. The third-order valence-electron chi connectivity index (χ3n) is 2.34. The van der Waals surface area contributed by atoms with Gasteiger partial charge in [-0.25, -0.2) is 8.78 Å². The summed E-state index contributed by atoms with van der Waals surface area (Å²) in [6, 6.07) is 3.16. The molecule has 0 unspecified atom stereocenters. The van der Waals surface area contributed by atoms with Crippen molar-refractivity contribution in [2.75, 3.05) is 5.32 Å². The molecular formula is C12H11F2N3O2. The summed E-state index contributed by atoms with van der Waals surface area (Å²) in [6.45, 7) is 1.65. The van der Waals surface area contributed by atoms with Gasteiger partial charge in [0.15, 0.2) is 11.6 Å². The molecule has 1 N–H and O–H groups in total. The third-order valence-corrected chi connectivity index (χ3v) is 2.34. The molecule has 5 nitrogen and oxygen atoms in total. The molecule has 0 spiro atoms. The first kappa shape index (κ1) is 13.1. The zero-order chi connectivity index (χ0) is 13.8. The molecule has 2 rings (SSSR count). The van der Waals surface area contributed by atoms with Crippen LogP contribution in [0.25, 0.3) is 0 Å². The lowest BCUT2D eigenvalue weighted by atomic mass is 10.2. The van der Waals surface area contributed by atoms with Gasteiger partial charge in [0.05, 0.1) is 0 Å². The van der Waals surface area contributed by atoms with Crippen LogP contribution >= 0.6 is 0 Å². The predicted molar refractivity (Wildman–Crippen MR) is 62.3 cm³/mol. The van der Waals surface area contributed by atoms with Crippen molar-refractivity contribution in [3.63, 3.8) is 0 Å². The van der Waals surface area contributed by atoms with Gasteiger partial charge in [-0.2, -0.15) is 0 Å². The minimum absolute atomic E-state index is 0.112. The summed E-state index contributed by atoms with van der Waals surface area (Å²) in [5.74, 6) is -1.53. The Balaban J connectivity index is 1.88. The van der Waals surface area contributed by atoms with Crippen molar-refractivity contribution in [3.05, 3.63) is 41.6 Å². The normalized spacial score (nSPS) is 10.5. The molecule has 1 aromatic carbocycles. The molecule has 0 radical (unpaired) electrons. The average Bonchev–Trinajstić information content (AvgIpc) is 2.77. The molecule has 0 atom stereocenters. The fourth-order valence-electron chi connectivity index (χ4n) is 1.46. The molecule has 2 aromatic rings. The molecule has 0 fully saturated rings. The Morgan fingerprint density at radius 2 is 2.11 bits per heavy atom. The van der Waals surface area contributed by atoms with E-state index >= 15 is 0 Å². The zero-order valence-corrected chi connectivity index (χ0v) is 10.1. The van der Waals surface area contributed by atoms with Gasteiger partial charge in [0.2, 0.25) is 17.7 Å². The van der Waals surface area contributed by atoms with Crippen LogP contribution in [0.5, 0.6) is 0 Å². The molecule has 0 saturated carbocycles. The number of amides is 1. The Labute approximate surface area is 107 Å². The van der Waals surface area contributed by atoms with Gasteiger partial charge in [-0.05, 0) is 12.1 Å². The van der Waals surface area contributed by atoms with Crippen LogP contribution in [0.3, 0.4) is 0 Å². The highest BCUT2D eigenvalue weighted by molar-refractivity contribution is 5.90. The number of aromatic nitrogens is 2. The van der Waals surface area contributed by atoms with E-state index in [1.807, 2.05) is 0 Å². The van der Waals surface area contributed by atoms with Crippen molar-refractivity contribution in [3.8, 4) is 0 Å². The lowest BCUT2D eigenvalue weighted by Gasteiger charge is -2.04. The standard InChI is InChI=1S/C12H11F2N3O2/c1-7-16-17-12(19-7)5-4-11(18)15-8-2-3-9(13)10(14)6-8/h2-3,6H,4-5H2,1H3,(H,15,18). The van der Waals surface area contributed by atoms with Crippen LogP contribution in [0.2, 0.25) is 0 Å². The van der Waals surface area contributed by atoms with E-state index < -0.39 is 11.6 Å². The van der Waals surface area contributed by atoms with Crippen molar-refractivity contribution in [1.82, 2.24) is 10.2 Å². The summed E-state index contributed by atoms with van der Waals surface area (Å²) in [5.41, 5.74) is 0.200. The molecule has 0 saturated heterocycles. The summed E-state index contributed by atoms with van der Waals surface area (Å²) in [4.78, 5) is 11.6. The number of hydrogen-bond donors (Lipinski definition) is 1. The molecule has 0 aliphatic rings. The molecule has 1 aromatic heterocycles. The monoisotopic (exact) mass is 267 g/mol. The van der Waals surface area contributed by atoms with Gasteiger partial charge in [0.1, 0.15) is 0 Å². The third kappa shape index (κ3) is 3.57. The maximum Gasteiger partial charge on any atom is 0.224 e. The van der Waals surface area contributed by atoms with Crippen LogP contribution in [0, 0.1) is 18.6 Å². The number of benzene rings is 1. The quantitative estimate of drug-likeness (QED) is 0.922. The minimum atomic E-state index is -1.01. The second-order valence-corrected chi connectivity index (χ2v) is 3.89. The molecule has 0 aliphatic heterocycles. The number of nitrogens with one attached hydrogen (secondary N) is 1. The number of carbonyl (C=O) groups is 1. The molecular weight excluding hydrogens is 256 g/mol. The van der Waals surface area contributed by atoms with Crippen molar-refractivity contribution >= 4 is 11.6 Å². The fourth-order valence-corrected chi connectivity index (χ4v) is 1.46. The van der Waals surface area contributed by atoms with Gasteiger partial charge in [-0.15, -0.1) is 10.2 Å². The molecule has 1 heterocycles. The van der Waals surface area contributed by atoms with Crippen LogP contribution in [0.4, 0.5) is 14.5 Å². The van der Waals surface area contributed by atoms with Gasteiger partial charge in [0, 0.05) is 31.5 Å². The Hall–Kier alpha value is -2.31. The maximum atomic E-state index is 12.9. The predicted octanol–water partition coefficient (Wildman–Crippen LogP) is 2.23. The topological polar surface area (TPSA) is 68.0 Å². The Morgan fingerprint density at radius 1 is 1.32 bits per heavy atom. The number of aryl methyl sites for hydroxylation is 2. The van der Waals surface area contributed by atoms with Crippen LogP contribution < -0.4 is 5.32 Å². The van der Waals surface area contributed by atoms with Gasteiger partial charge < -0.3 is 9.73 Å². The highest BCUT2D eigenvalue weighted by Gasteiger charge is 2.09. The molecule has 100 valence electrons. The Morgan fingerprint density at radius 3 is 2.74 bits per heavy atom. The molecule has 19 heavy (non-hydrogen) atoms. The van der Waals surface area contributed by atoms with Gasteiger partial charge >= 0.3 is 0 Å². The first-order valence-corrected chi connectivity index (χ1v) is 5.58.